The summed E-state index contributed by atoms with van der Waals surface area (Å²) in [5, 5.41) is 0. The van der Waals surface area contributed by atoms with Crippen molar-refractivity contribution in [3.8, 4) is 0 Å². The van der Waals surface area contributed by atoms with E-state index in [1.54, 1.807) is 18.2 Å². The highest BCUT2D eigenvalue weighted by molar-refractivity contribution is 7.99. The molecule has 0 bridgehead atoms. The van der Waals surface area contributed by atoms with Crippen LogP contribution in [0, 0.1) is 5.41 Å². The van der Waals surface area contributed by atoms with E-state index in [1.165, 1.54) is 6.07 Å². The number of carbonyl (C=O) groups is 2. The smallest absolute Gasteiger partial charge is 0.326 e. The summed E-state index contributed by atoms with van der Waals surface area (Å²) in [5.74, 6) is -2.34. The third-order valence-corrected chi connectivity index (χ3v) is 4.18. The van der Waals surface area contributed by atoms with Gasteiger partial charge < -0.3 is 4.74 Å². The van der Waals surface area contributed by atoms with Crippen LogP contribution < -0.4 is 0 Å². The molecule has 0 radical (unpaired) electrons. The molecule has 3 nitrogen and oxygen atoms in total. The summed E-state index contributed by atoms with van der Waals surface area (Å²) in [7, 11) is 1.00. The Morgan fingerprint density at radius 3 is 2.72 bits per heavy atom. The summed E-state index contributed by atoms with van der Waals surface area (Å²) in [6, 6.07) is 6.41. The molecule has 96 valence electrons. The minimum absolute atomic E-state index is 0.152. The molecular weight excluding hydrogens is 262 g/mol. The largest absolute Gasteiger partial charge is 0.468 e. The molecule has 18 heavy (non-hydrogen) atoms. The van der Waals surface area contributed by atoms with Crippen LogP contribution in [-0.2, 0) is 9.53 Å². The molecule has 1 aliphatic rings. The highest BCUT2D eigenvalue weighted by Gasteiger charge is 2.57. The quantitative estimate of drug-likeness (QED) is 0.612. The number of alkyl halides is 2. The normalized spacial score (nSPS) is 22.8. The molecule has 0 aromatic heterocycles. The number of ether oxygens (including phenoxy) is 1. The second-order valence-electron chi connectivity index (χ2n) is 3.88. The van der Waals surface area contributed by atoms with Crippen LogP contribution in [-0.4, -0.2) is 31.0 Å². The number of thioether (sulfide) groups is 1. The van der Waals surface area contributed by atoms with Gasteiger partial charge in [-0.2, -0.15) is 0 Å². The average molecular weight is 272 g/mol. The van der Waals surface area contributed by atoms with Gasteiger partial charge in [-0.15, -0.1) is 11.8 Å². The van der Waals surface area contributed by atoms with Crippen molar-refractivity contribution in [3.05, 3.63) is 29.8 Å². The van der Waals surface area contributed by atoms with E-state index in [4.69, 9.17) is 0 Å². The van der Waals surface area contributed by atoms with Crippen molar-refractivity contribution in [2.24, 2.45) is 5.41 Å². The molecule has 1 aliphatic heterocycles. The van der Waals surface area contributed by atoms with Gasteiger partial charge in [0.2, 0.25) is 0 Å². The zero-order valence-corrected chi connectivity index (χ0v) is 10.3. The monoisotopic (exact) mass is 272 g/mol. The fourth-order valence-corrected chi connectivity index (χ4v) is 3.11. The number of benzene rings is 1. The zero-order chi connectivity index (χ0) is 13.3. The number of Topliss-reactive ketones (excluding diaryl/α,β-unsaturated/α-hetero) is 1. The molecule has 1 aromatic rings. The van der Waals surface area contributed by atoms with Crippen molar-refractivity contribution < 1.29 is 23.1 Å². The Labute approximate surface area is 107 Å². The second kappa shape index (κ2) is 4.68. The molecule has 0 amide bonds. The number of rotatable bonds is 2. The van der Waals surface area contributed by atoms with Gasteiger partial charge in [0.05, 0.1) is 7.11 Å². The van der Waals surface area contributed by atoms with Gasteiger partial charge in [-0.25, -0.2) is 8.78 Å². The molecule has 1 unspecified atom stereocenters. The van der Waals surface area contributed by atoms with E-state index in [1.807, 2.05) is 0 Å². The van der Waals surface area contributed by atoms with Gasteiger partial charge in [0.15, 0.2) is 11.2 Å². The molecule has 0 N–H and O–H groups in total. The summed E-state index contributed by atoms with van der Waals surface area (Å²) in [5.41, 5.74) is -2.23. The first-order valence-corrected chi connectivity index (χ1v) is 6.16. The predicted molar refractivity (Wildman–Crippen MR) is 61.9 cm³/mol. The van der Waals surface area contributed by atoms with Gasteiger partial charge in [-0.1, -0.05) is 18.2 Å². The van der Waals surface area contributed by atoms with Crippen LogP contribution >= 0.6 is 11.8 Å². The number of ketones is 1. The lowest BCUT2D eigenvalue weighted by Gasteiger charge is -2.32. The molecule has 0 aliphatic carbocycles. The molecular formula is C12H10F2O3S. The second-order valence-corrected chi connectivity index (χ2v) is 4.89. The molecule has 0 saturated carbocycles. The Bertz CT molecular complexity index is 504. The molecule has 1 heterocycles. The maximum atomic E-state index is 13.2. The molecule has 6 heteroatoms. The van der Waals surface area contributed by atoms with Crippen LogP contribution in [0.1, 0.15) is 10.4 Å². The Kier molecular flexibility index (Phi) is 3.38. The Morgan fingerprint density at radius 1 is 1.44 bits per heavy atom. The minimum atomic E-state index is -3.08. The fraction of sp³-hybridized carbons (Fsp3) is 0.333. The van der Waals surface area contributed by atoms with Gasteiger partial charge in [0.1, 0.15) is 0 Å². The van der Waals surface area contributed by atoms with Crippen molar-refractivity contribution in [1.29, 1.82) is 0 Å². The molecule has 1 aromatic carbocycles. The molecule has 0 fully saturated rings. The first-order valence-electron chi connectivity index (χ1n) is 5.17. The number of methoxy groups -OCH3 is 1. The SMILES string of the molecule is COC(=O)C1(C(F)F)CSc2ccccc2C1=O. The van der Waals surface area contributed by atoms with Crippen LogP contribution in [0.25, 0.3) is 0 Å². The Morgan fingerprint density at radius 2 is 2.11 bits per heavy atom. The van der Waals surface area contributed by atoms with E-state index in [-0.39, 0.29) is 11.3 Å². The van der Waals surface area contributed by atoms with Gasteiger partial charge in [-0.05, 0) is 6.07 Å². The summed E-state index contributed by atoms with van der Waals surface area (Å²) < 4.78 is 30.8. The summed E-state index contributed by atoms with van der Waals surface area (Å²) >= 11 is 1.07. The van der Waals surface area contributed by atoms with Gasteiger partial charge in [-0.3, -0.25) is 9.59 Å². The van der Waals surface area contributed by atoms with E-state index in [9.17, 15) is 18.4 Å². The zero-order valence-electron chi connectivity index (χ0n) is 9.48. The minimum Gasteiger partial charge on any atom is -0.468 e. The fourth-order valence-electron chi connectivity index (χ4n) is 1.86. The van der Waals surface area contributed by atoms with Crippen LogP contribution in [0.5, 0.6) is 0 Å². The third kappa shape index (κ3) is 1.71. The van der Waals surface area contributed by atoms with E-state index < -0.39 is 23.6 Å². The summed E-state index contributed by atoms with van der Waals surface area (Å²) in [4.78, 5) is 24.4. The number of hydrogen-bond donors (Lipinski definition) is 0. The maximum Gasteiger partial charge on any atom is 0.326 e. The number of esters is 1. The van der Waals surface area contributed by atoms with Crippen molar-refractivity contribution in [2.45, 2.75) is 11.3 Å². The highest BCUT2D eigenvalue weighted by Crippen LogP contribution is 2.44. The summed E-state index contributed by atoms with van der Waals surface area (Å²) in [6.45, 7) is 0. The van der Waals surface area contributed by atoms with Crippen molar-refractivity contribution in [1.82, 2.24) is 0 Å². The third-order valence-electron chi connectivity index (χ3n) is 2.91. The standard InChI is InChI=1S/C12H10F2O3S/c1-17-11(16)12(10(13)14)6-18-8-5-3-2-4-7(8)9(12)15/h2-5,10H,6H2,1H3. The van der Waals surface area contributed by atoms with E-state index in [0.29, 0.717) is 4.90 Å². The Balaban J connectivity index is 2.54. The maximum absolute atomic E-state index is 13.2. The summed E-state index contributed by atoms with van der Waals surface area (Å²) in [6.07, 6.45) is -3.08. The number of fused-ring (bicyclic) bond motifs is 1. The van der Waals surface area contributed by atoms with E-state index in [0.717, 1.165) is 18.9 Å². The topological polar surface area (TPSA) is 43.4 Å². The van der Waals surface area contributed by atoms with Crippen LogP contribution in [0.15, 0.2) is 29.2 Å². The predicted octanol–water partition coefficient (Wildman–Crippen LogP) is 2.40. The van der Waals surface area contributed by atoms with Crippen LogP contribution in [0.2, 0.25) is 0 Å². The average Bonchev–Trinajstić information content (AvgIpc) is 2.38. The lowest BCUT2D eigenvalue weighted by atomic mass is 9.81. The van der Waals surface area contributed by atoms with E-state index in [2.05, 4.69) is 4.74 Å². The van der Waals surface area contributed by atoms with Gasteiger partial charge in [0, 0.05) is 16.2 Å². The number of hydrogen-bond acceptors (Lipinski definition) is 4. The number of carbonyl (C=O) groups excluding carboxylic acids is 2. The van der Waals surface area contributed by atoms with Crippen LogP contribution in [0.4, 0.5) is 8.78 Å². The van der Waals surface area contributed by atoms with E-state index >= 15 is 0 Å². The van der Waals surface area contributed by atoms with Crippen molar-refractivity contribution in [3.63, 3.8) is 0 Å². The molecule has 0 spiro atoms. The van der Waals surface area contributed by atoms with Gasteiger partial charge >= 0.3 is 5.97 Å². The van der Waals surface area contributed by atoms with Crippen LogP contribution in [0.3, 0.4) is 0 Å². The van der Waals surface area contributed by atoms with Crippen molar-refractivity contribution in [2.75, 3.05) is 12.9 Å². The highest BCUT2D eigenvalue weighted by atomic mass is 32.2. The lowest BCUT2D eigenvalue weighted by Crippen LogP contribution is -2.50. The molecule has 1 atom stereocenters. The first kappa shape index (κ1) is 13.0. The molecule has 2 rings (SSSR count). The van der Waals surface area contributed by atoms with Gasteiger partial charge in [0.25, 0.3) is 6.43 Å². The molecule has 0 saturated heterocycles. The van der Waals surface area contributed by atoms with Crippen molar-refractivity contribution >= 4 is 23.5 Å². The number of halogens is 2. The lowest BCUT2D eigenvalue weighted by molar-refractivity contribution is -0.155. The Hall–Kier alpha value is -1.43. The first-order chi connectivity index (χ1) is 8.54.